The summed E-state index contributed by atoms with van der Waals surface area (Å²) in [5.74, 6) is 0.330. The molecule has 0 bridgehead atoms. The van der Waals surface area contributed by atoms with E-state index in [1.165, 1.54) is 24.9 Å². The molecule has 0 aliphatic carbocycles. The molecule has 0 saturated carbocycles. The van der Waals surface area contributed by atoms with E-state index in [1.807, 2.05) is 30.3 Å². The van der Waals surface area contributed by atoms with Gasteiger partial charge in [-0.25, -0.2) is 0 Å². The fourth-order valence-electron chi connectivity index (χ4n) is 3.28. The van der Waals surface area contributed by atoms with Crippen LogP contribution in [0.2, 0.25) is 0 Å². The maximum atomic E-state index is 12.6. The molecule has 1 aliphatic heterocycles. The third-order valence-corrected chi connectivity index (χ3v) is 4.68. The van der Waals surface area contributed by atoms with E-state index in [1.54, 1.807) is 0 Å². The summed E-state index contributed by atoms with van der Waals surface area (Å²) in [4.78, 5) is 15.0. The van der Waals surface area contributed by atoms with Crippen LogP contribution < -0.4 is 10.2 Å². The van der Waals surface area contributed by atoms with Crippen molar-refractivity contribution in [1.29, 1.82) is 0 Å². The zero-order valence-electron chi connectivity index (χ0n) is 14.6. The highest BCUT2D eigenvalue weighted by atomic mass is 16.1. The van der Waals surface area contributed by atoms with Gasteiger partial charge >= 0.3 is 0 Å². The number of rotatable bonds is 4. The third kappa shape index (κ3) is 3.78. The summed E-state index contributed by atoms with van der Waals surface area (Å²) in [5, 5.41) is 3.05. The lowest BCUT2D eigenvalue weighted by Crippen LogP contribution is -2.29. The van der Waals surface area contributed by atoms with Gasteiger partial charge in [0.2, 0.25) is 0 Å². The van der Waals surface area contributed by atoms with E-state index in [2.05, 4.69) is 42.3 Å². The second-order valence-corrected chi connectivity index (χ2v) is 6.79. The average Bonchev–Trinajstić information content (AvgIpc) is 2.63. The normalized spacial score (nSPS) is 14.7. The maximum absolute atomic E-state index is 12.6. The molecule has 0 radical (unpaired) electrons. The first-order valence-electron chi connectivity index (χ1n) is 8.90. The average molecular weight is 322 g/mol. The van der Waals surface area contributed by atoms with Gasteiger partial charge in [-0.05, 0) is 61.1 Å². The van der Waals surface area contributed by atoms with Crippen molar-refractivity contribution in [1.82, 2.24) is 0 Å². The third-order valence-electron chi connectivity index (χ3n) is 4.68. The second kappa shape index (κ2) is 7.52. The van der Waals surface area contributed by atoms with E-state index in [4.69, 9.17) is 0 Å². The molecule has 0 aromatic heterocycles. The molecule has 1 saturated heterocycles. The minimum absolute atomic E-state index is 0.0479. The first-order valence-corrected chi connectivity index (χ1v) is 8.90. The highest BCUT2D eigenvalue weighted by Crippen LogP contribution is 2.25. The molecule has 2 aromatic carbocycles. The molecule has 24 heavy (non-hydrogen) atoms. The van der Waals surface area contributed by atoms with E-state index in [-0.39, 0.29) is 5.91 Å². The largest absolute Gasteiger partial charge is 0.372 e. The van der Waals surface area contributed by atoms with Gasteiger partial charge in [0, 0.05) is 30.0 Å². The lowest BCUT2D eigenvalue weighted by Gasteiger charge is -2.28. The first kappa shape index (κ1) is 16.6. The zero-order valence-corrected chi connectivity index (χ0v) is 14.6. The Morgan fingerprint density at radius 3 is 2.29 bits per heavy atom. The van der Waals surface area contributed by atoms with Crippen molar-refractivity contribution >= 4 is 17.3 Å². The van der Waals surface area contributed by atoms with Crippen molar-refractivity contribution in [2.24, 2.45) is 0 Å². The summed E-state index contributed by atoms with van der Waals surface area (Å²) in [5.41, 5.74) is 3.98. The Morgan fingerprint density at radius 2 is 1.62 bits per heavy atom. The van der Waals surface area contributed by atoms with Gasteiger partial charge < -0.3 is 10.2 Å². The van der Waals surface area contributed by atoms with E-state index in [0.717, 1.165) is 24.3 Å². The van der Waals surface area contributed by atoms with Crippen LogP contribution in [0.4, 0.5) is 11.4 Å². The molecule has 3 rings (SSSR count). The van der Waals surface area contributed by atoms with E-state index in [0.29, 0.717) is 11.5 Å². The predicted molar refractivity (Wildman–Crippen MR) is 101 cm³/mol. The molecular weight excluding hydrogens is 296 g/mol. The number of nitrogens with one attached hydrogen (secondary N) is 1. The molecule has 1 aliphatic rings. The fraction of sp³-hybridized carbons (Fsp3) is 0.381. The van der Waals surface area contributed by atoms with Crippen LogP contribution in [-0.4, -0.2) is 19.0 Å². The van der Waals surface area contributed by atoms with Crippen LogP contribution in [0.1, 0.15) is 54.9 Å². The second-order valence-electron chi connectivity index (χ2n) is 6.79. The van der Waals surface area contributed by atoms with Gasteiger partial charge in [0.1, 0.15) is 0 Å². The Labute approximate surface area is 144 Å². The molecule has 0 unspecified atom stereocenters. The van der Waals surface area contributed by atoms with Crippen LogP contribution in [0.5, 0.6) is 0 Å². The van der Waals surface area contributed by atoms with E-state index in [9.17, 15) is 4.79 Å². The summed E-state index contributed by atoms with van der Waals surface area (Å²) in [7, 11) is 0. The Kier molecular flexibility index (Phi) is 5.19. The van der Waals surface area contributed by atoms with Crippen molar-refractivity contribution in [3.63, 3.8) is 0 Å². The smallest absolute Gasteiger partial charge is 0.255 e. The van der Waals surface area contributed by atoms with Crippen molar-refractivity contribution in [2.45, 2.75) is 39.0 Å². The fourth-order valence-corrected chi connectivity index (χ4v) is 3.28. The summed E-state index contributed by atoms with van der Waals surface area (Å²) in [6, 6.07) is 16.0. The molecule has 1 fully saturated rings. The molecule has 1 amide bonds. The lowest BCUT2D eigenvalue weighted by molar-refractivity contribution is 0.102. The van der Waals surface area contributed by atoms with Crippen molar-refractivity contribution in [3.8, 4) is 0 Å². The predicted octanol–water partition coefficient (Wildman–Crippen LogP) is 5.05. The van der Waals surface area contributed by atoms with Crippen LogP contribution >= 0.6 is 0 Å². The van der Waals surface area contributed by atoms with Crippen LogP contribution in [-0.2, 0) is 0 Å². The summed E-state index contributed by atoms with van der Waals surface area (Å²) >= 11 is 0. The van der Waals surface area contributed by atoms with Crippen molar-refractivity contribution in [2.75, 3.05) is 23.3 Å². The van der Waals surface area contributed by atoms with Crippen molar-refractivity contribution in [3.05, 3.63) is 59.7 Å². The zero-order chi connectivity index (χ0) is 16.9. The van der Waals surface area contributed by atoms with E-state index < -0.39 is 0 Å². The number of para-hydroxylation sites is 1. The summed E-state index contributed by atoms with van der Waals surface area (Å²) in [6.07, 6.45) is 3.84. The van der Waals surface area contributed by atoms with Gasteiger partial charge in [-0.3, -0.25) is 4.79 Å². The van der Waals surface area contributed by atoms with Crippen LogP contribution in [0.15, 0.2) is 48.5 Å². The van der Waals surface area contributed by atoms with Gasteiger partial charge in [0.15, 0.2) is 0 Å². The van der Waals surface area contributed by atoms with Crippen molar-refractivity contribution < 1.29 is 4.79 Å². The minimum atomic E-state index is -0.0479. The molecule has 3 nitrogen and oxygen atoms in total. The summed E-state index contributed by atoms with van der Waals surface area (Å²) in [6.45, 7) is 6.51. The first-order chi connectivity index (χ1) is 11.6. The van der Waals surface area contributed by atoms with E-state index >= 15 is 0 Å². The number of anilines is 2. The van der Waals surface area contributed by atoms with Gasteiger partial charge in [-0.15, -0.1) is 0 Å². The Bertz CT molecular complexity index is 685. The van der Waals surface area contributed by atoms with Crippen LogP contribution in [0.3, 0.4) is 0 Å². The molecule has 1 heterocycles. The highest BCUT2D eigenvalue weighted by Gasteiger charge is 2.13. The Morgan fingerprint density at radius 1 is 0.958 bits per heavy atom. The molecule has 3 heteroatoms. The number of amides is 1. The standard InChI is InChI=1S/C21H26N2O/c1-16(2)19-8-4-5-9-20(19)22-21(24)17-10-12-18(13-11-17)23-14-6-3-7-15-23/h4-5,8-13,16H,3,6-7,14-15H2,1-2H3,(H,22,24). The molecule has 1 N–H and O–H groups in total. The summed E-state index contributed by atoms with van der Waals surface area (Å²) < 4.78 is 0. The van der Waals surface area contributed by atoms with Gasteiger partial charge in [-0.1, -0.05) is 32.0 Å². The topological polar surface area (TPSA) is 32.3 Å². The van der Waals surface area contributed by atoms with Crippen LogP contribution in [0, 0.1) is 0 Å². The van der Waals surface area contributed by atoms with Gasteiger partial charge in [-0.2, -0.15) is 0 Å². The number of carbonyl (C=O) groups excluding carboxylic acids is 1. The number of nitrogens with zero attached hydrogens (tertiary/aromatic N) is 1. The Hall–Kier alpha value is -2.29. The number of carbonyl (C=O) groups is 1. The minimum Gasteiger partial charge on any atom is -0.372 e. The number of hydrogen-bond acceptors (Lipinski definition) is 2. The SMILES string of the molecule is CC(C)c1ccccc1NC(=O)c1ccc(N2CCCCC2)cc1. The van der Waals surface area contributed by atoms with Gasteiger partial charge in [0.25, 0.3) is 5.91 Å². The Balaban J connectivity index is 1.71. The molecular formula is C21H26N2O. The number of hydrogen-bond donors (Lipinski definition) is 1. The quantitative estimate of drug-likeness (QED) is 0.854. The van der Waals surface area contributed by atoms with Gasteiger partial charge in [0.05, 0.1) is 0 Å². The molecule has 126 valence electrons. The maximum Gasteiger partial charge on any atom is 0.255 e. The molecule has 0 spiro atoms. The van der Waals surface area contributed by atoms with Crippen LogP contribution in [0.25, 0.3) is 0 Å². The number of benzene rings is 2. The molecule has 0 atom stereocenters. The monoisotopic (exact) mass is 322 g/mol. The lowest BCUT2D eigenvalue weighted by atomic mass is 10.0. The highest BCUT2D eigenvalue weighted by molar-refractivity contribution is 6.04. The number of piperidine rings is 1. The molecule has 2 aromatic rings.